The zero-order valence-electron chi connectivity index (χ0n) is 13.5. The molecular formula is C16H25N3O3. The van der Waals surface area contributed by atoms with E-state index in [0.29, 0.717) is 18.0 Å². The van der Waals surface area contributed by atoms with Gasteiger partial charge in [-0.25, -0.2) is 4.79 Å². The van der Waals surface area contributed by atoms with Crippen LogP contribution in [-0.4, -0.2) is 51.3 Å². The van der Waals surface area contributed by atoms with Crippen LogP contribution in [0.3, 0.4) is 0 Å². The highest BCUT2D eigenvalue weighted by Gasteiger charge is 2.18. The molecule has 0 aromatic heterocycles. The number of likely N-dealkylation sites (tertiary alicyclic amines) is 1. The number of nitrogens with one attached hydrogen (secondary N) is 2. The van der Waals surface area contributed by atoms with Crippen LogP contribution < -0.4 is 20.1 Å². The summed E-state index contributed by atoms with van der Waals surface area (Å²) in [4.78, 5) is 14.3. The van der Waals surface area contributed by atoms with Crippen molar-refractivity contribution in [1.29, 1.82) is 0 Å². The van der Waals surface area contributed by atoms with Gasteiger partial charge in [-0.2, -0.15) is 0 Å². The van der Waals surface area contributed by atoms with Gasteiger partial charge in [-0.15, -0.1) is 0 Å². The van der Waals surface area contributed by atoms with Gasteiger partial charge in [-0.05, 0) is 39.0 Å². The Morgan fingerprint density at radius 3 is 2.64 bits per heavy atom. The Labute approximate surface area is 131 Å². The highest BCUT2D eigenvalue weighted by molar-refractivity contribution is 5.74. The number of hydrogen-bond donors (Lipinski definition) is 2. The zero-order chi connectivity index (χ0) is 15.9. The molecule has 0 spiro atoms. The van der Waals surface area contributed by atoms with E-state index in [1.54, 1.807) is 14.2 Å². The minimum absolute atomic E-state index is 0.139. The molecule has 122 valence electrons. The zero-order valence-corrected chi connectivity index (χ0v) is 13.5. The number of carbonyl (C=O) groups is 1. The molecule has 6 nitrogen and oxygen atoms in total. The Morgan fingerprint density at radius 2 is 2.00 bits per heavy atom. The van der Waals surface area contributed by atoms with Crippen LogP contribution in [0, 0.1) is 0 Å². The second-order valence-electron chi connectivity index (χ2n) is 5.56. The standard InChI is InChI=1S/C16H25N3O3/c1-19-9-7-13(8-10-19)18-16(20)17-11-12-5-4-6-14(21-2)15(12)22-3/h4-6,13H,7-11H2,1-3H3,(H2,17,18,20). The molecule has 1 heterocycles. The highest BCUT2D eigenvalue weighted by atomic mass is 16.5. The van der Waals surface area contributed by atoms with Crippen molar-refractivity contribution >= 4 is 6.03 Å². The van der Waals surface area contributed by atoms with E-state index in [1.807, 2.05) is 18.2 Å². The Hall–Kier alpha value is -1.95. The molecule has 1 saturated heterocycles. The first-order valence-electron chi connectivity index (χ1n) is 7.56. The van der Waals surface area contributed by atoms with Crippen molar-refractivity contribution in [2.45, 2.75) is 25.4 Å². The largest absolute Gasteiger partial charge is 0.493 e. The molecule has 2 amide bonds. The SMILES string of the molecule is COc1cccc(CNC(=O)NC2CCN(C)CC2)c1OC. The first kappa shape index (κ1) is 16.4. The van der Waals surface area contributed by atoms with Crippen molar-refractivity contribution in [3.8, 4) is 11.5 Å². The number of urea groups is 1. The summed E-state index contributed by atoms with van der Waals surface area (Å²) in [5.74, 6) is 1.32. The third kappa shape index (κ3) is 4.27. The number of benzene rings is 1. The molecule has 1 aromatic carbocycles. The Balaban J connectivity index is 1.86. The van der Waals surface area contributed by atoms with Gasteiger partial charge in [0.05, 0.1) is 14.2 Å². The molecule has 0 unspecified atom stereocenters. The quantitative estimate of drug-likeness (QED) is 0.867. The molecule has 2 rings (SSSR count). The Morgan fingerprint density at radius 1 is 1.27 bits per heavy atom. The molecule has 22 heavy (non-hydrogen) atoms. The maximum absolute atomic E-state index is 12.0. The predicted octanol–water partition coefficient (Wildman–Crippen LogP) is 1.60. The molecule has 0 saturated carbocycles. The van der Waals surface area contributed by atoms with Crippen molar-refractivity contribution < 1.29 is 14.3 Å². The van der Waals surface area contributed by atoms with Crippen LogP contribution >= 0.6 is 0 Å². The van der Waals surface area contributed by atoms with Crippen LogP contribution in [-0.2, 0) is 6.54 Å². The fraction of sp³-hybridized carbons (Fsp3) is 0.562. The molecule has 1 fully saturated rings. The third-order valence-corrected chi connectivity index (χ3v) is 3.98. The van der Waals surface area contributed by atoms with Crippen molar-refractivity contribution in [1.82, 2.24) is 15.5 Å². The summed E-state index contributed by atoms with van der Waals surface area (Å²) in [5.41, 5.74) is 0.889. The average molecular weight is 307 g/mol. The lowest BCUT2D eigenvalue weighted by Crippen LogP contribution is -2.46. The maximum atomic E-state index is 12.0. The van der Waals surface area contributed by atoms with Crippen molar-refractivity contribution in [2.24, 2.45) is 0 Å². The van der Waals surface area contributed by atoms with Crippen molar-refractivity contribution in [3.05, 3.63) is 23.8 Å². The van der Waals surface area contributed by atoms with E-state index < -0.39 is 0 Å². The number of carbonyl (C=O) groups excluding carboxylic acids is 1. The molecule has 0 bridgehead atoms. The summed E-state index contributed by atoms with van der Waals surface area (Å²) in [6.45, 7) is 2.45. The van der Waals surface area contributed by atoms with E-state index in [4.69, 9.17) is 9.47 Å². The summed E-state index contributed by atoms with van der Waals surface area (Å²) in [6, 6.07) is 5.74. The van der Waals surface area contributed by atoms with Crippen LogP contribution in [0.1, 0.15) is 18.4 Å². The van der Waals surface area contributed by atoms with Crippen molar-refractivity contribution in [2.75, 3.05) is 34.4 Å². The van der Waals surface area contributed by atoms with Gasteiger partial charge in [0.1, 0.15) is 0 Å². The molecule has 2 N–H and O–H groups in total. The van der Waals surface area contributed by atoms with Gasteiger partial charge in [0.2, 0.25) is 0 Å². The predicted molar refractivity (Wildman–Crippen MR) is 85.4 cm³/mol. The van der Waals surface area contributed by atoms with Crippen LogP contribution in [0.15, 0.2) is 18.2 Å². The Kier molecular flexibility index (Phi) is 5.89. The van der Waals surface area contributed by atoms with Gasteiger partial charge in [-0.1, -0.05) is 12.1 Å². The second kappa shape index (κ2) is 7.89. The van der Waals surface area contributed by atoms with Gasteiger partial charge in [-0.3, -0.25) is 0 Å². The number of nitrogens with zero attached hydrogens (tertiary/aromatic N) is 1. The molecule has 1 aromatic rings. The van der Waals surface area contributed by atoms with E-state index in [9.17, 15) is 4.79 Å². The van der Waals surface area contributed by atoms with Gasteiger partial charge >= 0.3 is 6.03 Å². The van der Waals surface area contributed by atoms with E-state index in [2.05, 4.69) is 22.6 Å². The lowest BCUT2D eigenvalue weighted by Gasteiger charge is -2.29. The lowest BCUT2D eigenvalue weighted by atomic mass is 10.1. The fourth-order valence-electron chi connectivity index (χ4n) is 2.66. The second-order valence-corrected chi connectivity index (χ2v) is 5.56. The number of hydrogen-bond acceptors (Lipinski definition) is 4. The van der Waals surface area contributed by atoms with Crippen LogP contribution in [0.4, 0.5) is 4.79 Å². The average Bonchev–Trinajstić information content (AvgIpc) is 2.54. The molecule has 1 aliphatic rings. The molecule has 1 aliphatic heterocycles. The maximum Gasteiger partial charge on any atom is 0.315 e. The van der Waals surface area contributed by atoms with E-state index in [0.717, 1.165) is 31.5 Å². The molecular weight excluding hydrogens is 282 g/mol. The summed E-state index contributed by atoms with van der Waals surface area (Å²) >= 11 is 0. The van der Waals surface area contributed by atoms with Gasteiger partial charge in [0.25, 0.3) is 0 Å². The first-order chi connectivity index (χ1) is 10.6. The number of rotatable bonds is 5. The molecule has 6 heteroatoms. The Bertz CT molecular complexity index is 499. The summed E-state index contributed by atoms with van der Waals surface area (Å²) in [5, 5.41) is 5.91. The summed E-state index contributed by atoms with van der Waals surface area (Å²) < 4.78 is 10.6. The monoisotopic (exact) mass is 307 g/mol. The van der Waals surface area contributed by atoms with Gasteiger partial charge in [0, 0.05) is 18.2 Å². The number of amides is 2. The summed E-state index contributed by atoms with van der Waals surface area (Å²) in [7, 11) is 5.30. The first-order valence-corrected chi connectivity index (χ1v) is 7.56. The number of methoxy groups -OCH3 is 2. The topological polar surface area (TPSA) is 62.8 Å². The minimum atomic E-state index is -0.139. The third-order valence-electron chi connectivity index (χ3n) is 3.98. The van der Waals surface area contributed by atoms with E-state index in [-0.39, 0.29) is 12.1 Å². The minimum Gasteiger partial charge on any atom is -0.493 e. The van der Waals surface area contributed by atoms with Crippen LogP contribution in [0.25, 0.3) is 0 Å². The highest BCUT2D eigenvalue weighted by Crippen LogP contribution is 2.30. The summed E-state index contributed by atoms with van der Waals surface area (Å²) in [6.07, 6.45) is 1.98. The number of para-hydroxylation sites is 1. The van der Waals surface area contributed by atoms with Gasteiger partial charge < -0.3 is 25.0 Å². The number of ether oxygens (including phenoxy) is 2. The van der Waals surface area contributed by atoms with Crippen molar-refractivity contribution in [3.63, 3.8) is 0 Å². The number of piperidine rings is 1. The van der Waals surface area contributed by atoms with Crippen LogP contribution in [0.5, 0.6) is 11.5 Å². The van der Waals surface area contributed by atoms with Crippen LogP contribution in [0.2, 0.25) is 0 Å². The smallest absolute Gasteiger partial charge is 0.315 e. The van der Waals surface area contributed by atoms with Gasteiger partial charge in [0.15, 0.2) is 11.5 Å². The molecule has 0 atom stereocenters. The fourth-order valence-corrected chi connectivity index (χ4v) is 2.66. The van der Waals surface area contributed by atoms with E-state index in [1.165, 1.54) is 0 Å². The lowest BCUT2D eigenvalue weighted by molar-refractivity contribution is 0.213. The van der Waals surface area contributed by atoms with E-state index >= 15 is 0 Å². The normalized spacial score (nSPS) is 16.1. The molecule has 0 radical (unpaired) electrons. The molecule has 0 aliphatic carbocycles.